The van der Waals surface area contributed by atoms with Crippen molar-refractivity contribution in [2.24, 2.45) is 5.73 Å². The molecule has 1 heterocycles. The Bertz CT molecular complexity index is 419. The lowest BCUT2D eigenvalue weighted by atomic mass is 10.2. The minimum atomic E-state index is -0.605. The van der Waals surface area contributed by atoms with Crippen molar-refractivity contribution in [3.63, 3.8) is 0 Å². The molecule has 0 atom stereocenters. The summed E-state index contributed by atoms with van der Waals surface area (Å²) in [5.41, 5.74) is 5.36. The molecule has 0 aromatic carbocycles. The van der Waals surface area contributed by atoms with Crippen molar-refractivity contribution in [3.05, 3.63) is 23.7 Å². The van der Waals surface area contributed by atoms with Crippen LogP contribution in [0.25, 0.3) is 0 Å². The third-order valence-electron chi connectivity index (χ3n) is 3.22. The normalized spacial score (nSPS) is 17.2. The highest BCUT2D eigenvalue weighted by Crippen LogP contribution is 2.35. The number of rotatable bonds is 4. The van der Waals surface area contributed by atoms with Gasteiger partial charge in [0.2, 0.25) is 5.91 Å². The Hall–Kier alpha value is -1.29. The van der Waals surface area contributed by atoms with Crippen LogP contribution in [-0.2, 0) is 11.3 Å². The van der Waals surface area contributed by atoms with Crippen molar-refractivity contribution in [2.45, 2.75) is 51.7 Å². The fourth-order valence-electron chi connectivity index (χ4n) is 1.86. The summed E-state index contributed by atoms with van der Waals surface area (Å²) in [5, 5.41) is 0. The zero-order chi connectivity index (χ0) is 12.6. The molecule has 1 aliphatic rings. The average molecular weight is 236 g/mol. The first-order valence-electron chi connectivity index (χ1n) is 6.08. The molecule has 4 heteroatoms. The van der Waals surface area contributed by atoms with E-state index in [1.165, 1.54) is 0 Å². The third kappa shape index (κ3) is 2.52. The maximum Gasteiger partial charge on any atom is 0.243 e. The Morgan fingerprint density at radius 3 is 2.59 bits per heavy atom. The summed E-state index contributed by atoms with van der Waals surface area (Å²) in [4.78, 5) is 14.0. The number of carbonyl (C=O) groups is 1. The van der Waals surface area contributed by atoms with Crippen LogP contribution < -0.4 is 5.73 Å². The summed E-state index contributed by atoms with van der Waals surface area (Å²) < 4.78 is 5.51. The Kier molecular flexibility index (Phi) is 3.00. The van der Waals surface area contributed by atoms with Gasteiger partial charge in [-0.25, -0.2) is 0 Å². The molecule has 0 unspecified atom stereocenters. The van der Waals surface area contributed by atoms with E-state index < -0.39 is 5.54 Å². The van der Waals surface area contributed by atoms with Crippen molar-refractivity contribution in [2.75, 3.05) is 0 Å². The number of nitrogens with two attached hydrogens (primary N) is 1. The largest absolute Gasteiger partial charge is 0.464 e. The van der Waals surface area contributed by atoms with Gasteiger partial charge in [-0.3, -0.25) is 4.79 Å². The first-order chi connectivity index (χ1) is 7.92. The van der Waals surface area contributed by atoms with Gasteiger partial charge in [-0.1, -0.05) is 0 Å². The Balaban J connectivity index is 2.10. The molecule has 0 spiro atoms. The molecule has 2 rings (SSSR count). The monoisotopic (exact) mass is 236 g/mol. The number of hydrogen-bond donors (Lipinski definition) is 1. The van der Waals surface area contributed by atoms with Crippen LogP contribution in [0.4, 0.5) is 0 Å². The van der Waals surface area contributed by atoms with E-state index >= 15 is 0 Å². The van der Waals surface area contributed by atoms with Crippen LogP contribution in [0, 0.1) is 6.92 Å². The number of carbonyl (C=O) groups excluding carboxylic acids is 1. The summed E-state index contributed by atoms with van der Waals surface area (Å²) in [6.45, 7) is 6.40. The molecule has 1 amide bonds. The zero-order valence-electron chi connectivity index (χ0n) is 10.7. The van der Waals surface area contributed by atoms with Gasteiger partial charge in [0, 0.05) is 6.04 Å². The van der Waals surface area contributed by atoms with Gasteiger partial charge < -0.3 is 15.1 Å². The maximum absolute atomic E-state index is 12.2. The van der Waals surface area contributed by atoms with Crippen molar-refractivity contribution in [1.29, 1.82) is 0 Å². The molecule has 17 heavy (non-hydrogen) atoms. The molecule has 1 aromatic heterocycles. The van der Waals surface area contributed by atoms with Crippen molar-refractivity contribution < 1.29 is 9.21 Å². The predicted octanol–water partition coefficient (Wildman–Crippen LogP) is 1.82. The van der Waals surface area contributed by atoms with Gasteiger partial charge in [-0.05, 0) is 45.7 Å². The molecule has 0 radical (unpaired) electrons. The molecule has 94 valence electrons. The van der Waals surface area contributed by atoms with E-state index in [4.69, 9.17) is 10.2 Å². The van der Waals surface area contributed by atoms with Crippen molar-refractivity contribution in [3.8, 4) is 0 Å². The Labute approximate surface area is 102 Å². The van der Waals surface area contributed by atoms with Gasteiger partial charge in [0.15, 0.2) is 0 Å². The summed E-state index contributed by atoms with van der Waals surface area (Å²) in [6, 6.07) is 3.95. The second-order valence-corrected chi connectivity index (χ2v) is 5.20. The quantitative estimate of drug-likeness (QED) is 0.867. The molecule has 4 nitrogen and oxygen atoms in total. The van der Waals surface area contributed by atoms with E-state index in [1.54, 1.807) is 4.90 Å². The summed E-state index contributed by atoms with van der Waals surface area (Å²) >= 11 is 0. The van der Waals surface area contributed by atoms with E-state index in [-0.39, 0.29) is 11.9 Å². The summed E-state index contributed by atoms with van der Waals surface area (Å²) in [5.74, 6) is 1.72. The van der Waals surface area contributed by atoms with Gasteiger partial charge >= 0.3 is 0 Å². The number of furan rings is 1. The number of amides is 1. The maximum atomic E-state index is 12.2. The molecule has 0 saturated heterocycles. The van der Waals surface area contributed by atoms with Crippen molar-refractivity contribution >= 4 is 5.91 Å². The molecule has 0 aliphatic heterocycles. The highest BCUT2D eigenvalue weighted by molar-refractivity contribution is 5.89. The van der Waals surface area contributed by atoms with E-state index in [1.807, 2.05) is 32.9 Å². The number of nitrogens with zero attached hydrogens (tertiary/aromatic N) is 1. The van der Waals surface area contributed by atoms with Crippen LogP contribution in [0.3, 0.4) is 0 Å². The summed E-state index contributed by atoms with van der Waals surface area (Å²) in [7, 11) is 0. The van der Waals surface area contributed by atoms with Gasteiger partial charge in [0.25, 0.3) is 0 Å². The highest BCUT2D eigenvalue weighted by Gasteiger charge is 2.48. The van der Waals surface area contributed by atoms with Gasteiger partial charge in [0.05, 0.1) is 12.1 Å². The van der Waals surface area contributed by atoms with E-state index in [0.29, 0.717) is 6.54 Å². The van der Waals surface area contributed by atoms with Gasteiger partial charge in [-0.2, -0.15) is 0 Å². The molecule has 2 N–H and O–H groups in total. The minimum absolute atomic E-state index is 0.0431. The van der Waals surface area contributed by atoms with Crippen LogP contribution in [0.1, 0.15) is 38.2 Å². The van der Waals surface area contributed by atoms with Crippen LogP contribution >= 0.6 is 0 Å². The summed E-state index contributed by atoms with van der Waals surface area (Å²) in [6.07, 6.45) is 1.60. The second kappa shape index (κ2) is 4.18. The topological polar surface area (TPSA) is 59.5 Å². The lowest BCUT2D eigenvalue weighted by Crippen LogP contribution is -2.48. The second-order valence-electron chi connectivity index (χ2n) is 5.20. The average Bonchev–Trinajstić information content (AvgIpc) is 2.87. The number of aryl methyl sites for hydroxylation is 1. The molecule has 1 aliphatic carbocycles. The Morgan fingerprint density at radius 2 is 2.18 bits per heavy atom. The van der Waals surface area contributed by atoms with Crippen LogP contribution in [0.2, 0.25) is 0 Å². The Morgan fingerprint density at radius 1 is 1.53 bits per heavy atom. The molecule has 1 fully saturated rings. The van der Waals surface area contributed by atoms with E-state index in [9.17, 15) is 4.79 Å². The van der Waals surface area contributed by atoms with Crippen LogP contribution in [0.5, 0.6) is 0 Å². The molecule has 1 aromatic rings. The van der Waals surface area contributed by atoms with Gasteiger partial charge in [-0.15, -0.1) is 0 Å². The fourth-order valence-corrected chi connectivity index (χ4v) is 1.86. The smallest absolute Gasteiger partial charge is 0.243 e. The highest BCUT2D eigenvalue weighted by atomic mass is 16.3. The SMILES string of the molecule is Cc1ccc(CN(C(=O)C2(N)CC2)C(C)C)o1. The van der Waals surface area contributed by atoms with Crippen LogP contribution in [0.15, 0.2) is 16.5 Å². The minimum Gasteiger partial charge on any atom is -0.464 e. The molecular weight excluding hydrogens is 216 g/mol. The predicted molar refractivity (Wildman–Crippen MR) is 65.3 cm³/mol. The zero-order valence-corrected chi connectivity index (χ0v) is 10.7. The third-order valence-corrected chi connectivity index (χ3v) is 3.22. The number of hydrogen-bond acceptors (Lipinski definition) is 3. The first-order valence-corrected chi connectivity index (χ1v) is 6.08. The van der Waals surface area contributed by atoms with Crippen molar-refractivity contribution in [1.82, 2.24) is 4.90 Å². The van der Waals surface area contributed by atoms with Gasteiger partial charge in [0.1, 0.15) is 11.5 Å². The van der Waals surface area contributed by atoms with Crippen LogP contribution in [-0.4, -0.2) is 22.4 Å². The first kappa shape index (κ1) is 12.2. The lowest BCUT2D eigenvalue weighted by molar-refractivity contribution is -0.136. The lowest BCUT2D eigenvalue weighted by Gasteiger charge is -2.28. The molecular formula is C13H20N2O2. The molecule has 0 bridgehead atoms. The van der Waals surface area contributed by atoms with E-state index in [2.05, 4.69) is 0 Å². The standard InChI is InChI=1S/C13H20N2O2/c1-9(2)15(12(16)13(14)6-7-13)8-11-5-4-10(3)17-11/h4-5,9H,6-8,14H2,1-3H3. The fraction of sp³-hybridized carbons (Fsp3) is 0.615. The molecule has 1 saturated carbocycles. The van der Waals surface area contributed by atoms with E-state index in [0.717, 1.165) is 24.4 Å².